The average molecular weight is 424 g/mol. The predicted octanol–water partition coefficient (Wildman–Crippen LogP) is 2.26. The Morgan fingerprint density at radius 2 is 1.93 bits per heavy atom. The van der Waals surface area contributed by atoms with Crippen LogP contribution in [-0.4, -0.2) is 44.3 Å². The standard InChI is InChI=1S/C19H16N6O4S/c1-13-10-14(7-8-17(13)24-9-3-6-18(24)19(26)27)21-30(28,29)16-5-2-4-15(11-16)25-12-20-22-23-25/h2-12,21H,1H3,(H,26,27). The molecule has 10 nitrogen and oxygen atoms in total. The van der Waals surface area contributed by atoms with Gasteiger partial charge in [0, 0.05) is 17.6 Å². The molecule has 4 rings (SSSR count). The molecule has 0 spiro atoms. The number of anilines is 1. The molecule has 0 unspecified atom stereocenters. The molecule has 2 aromatic carbocycles. The average Bonchev–Trinajstić information content (AvgIpc) is 3.40. The first kappa shape index (κ1) is 19.3. The van der Waals surface area contributed by atoms with Gasteiger partial charge in [-0.3, -0.25) is 4.72 Å². The SMILES string of the molecule is Cc1cc(NS(=O)(=O)c2cccc(-n3cnnn3)c2)ccc1-n1cccc1C(=O)O. The number of sulfonamides is 1. The topological polar surface area (TPSA) is 132 Å². The van der Waals surface area contributed by atoms with Crippen molar-refractivity contribution in [1.82, 2.24) is 24.8 Å². The molecule has 0 aliphatic heterocycles. The fourth-order valence-electron chi connectivity index (χ4n) is 3.04. The van der Waals surface area contributed by atoms with E-state index in [-0.39, 0.29) is 10.6 Å². The molecule has 0 bridgehead atoms. The van der Waals surface area contributed by atoms with Gasteiger partial charge in [0.1, 0.15) is 12.0 Å². The quantitative estimate of drug-likeness (QED) is 0.485. The fraction of sp³-hybridized carbons (Fsp3) is 0.0526. The van der Waals surface area contributed by atoms with Crippen molar-refractivity contribution >= 4 is 21.7 Å². The lowest BCUT2D eigenvalue weighted by atomic mass is 10.1. The van der Waals surface area contributed by atoms with Crippen LogP contribution in [0.5, 0.6) is 0 Å². The predicted molar refractivity (Wildman–Crippen MR) is 107 cm³/mol. The van der Waals surface area contributed by atoms with Crippen LogP contribution in [0.3, 0.4) is 0 Å². The van der Waals surface area contributed by atoms with E-state index in [1.54, 1.807) is 49.5 Å². The molecule has 0 amide bonds. The normalized spacial score (nSPS) is 11.4. The van der Waals surface area contributed by atoms with Crippen molar-refractivity contribution in [2.45, 2.75) is 11.8 Å². The third-order valence-corrected chi connectivity index (χ3v) is 5.80. The molecule has 0 saturated heterocycles. The Morgan fingerprint density at radius 3 is 2.63 bits per heavy atom. The van der Waals surface area contributed by atoms with Crippen LogP contribution >= 0.6 is 0 Å². The monoisotopic (exact) mass is 424 g/mol. The number of tetrazole rings is 1. The molecule has 0 saturated carbocycles. The Hall–Kier alpha value is -3.99. The van der Waals surface area contributed by atoms with E-state index in [9.17, 15) is 18.3 Å². The number of nitrogens with one attached hydrogen (secondary N) is 1. The zero-order valence-electron chi connectivity index (χ0n) is 15.7. The number of carboxylic acids is 1. The van der Waals surface area contributed by atoms with Crippen LogP contribution in [0, 0.1) is 6.92 Å². The molecule has 2 aromatic heterocycles. The lowest BCUT2D eigenvalue weighted by Gasteiger charge is -2.13. The van der Waals surface area contributed by atoms with Crippen LogP contribution in [0.2, 0.25) is 0 Å². The number of benzene rings is 2. The van der Waals surface area contributed by atoms with E-state index in [4.69, 9.17) is 0 Å². The van der Waals surface area contributed by atoms with Crippen molar-refractivity contribution < 1.29 is 18.3 Å². The van der Waals surface area contributed by atoms with Crippen molar-refractivity contribution in [2.75, 3.05) is 4.72 Å². The minimum atomic E-state index is -3.86. The summed E-state index contributed by atoms with van der Waals surface area (Å²) in [6, 6.07) is 14.2. The molecule has 0 aliphatic rings. The Bertz CT molecular complexity index is 1330. The van der Waals surface area contributed by atoms with Crippen molar-refractivity contribution in [1.29, 1.82) is 0 Å². The zero-order chi connectivity index (χ0) is 21.3. The Balaban J connectivity index is 1.63. The lowest BCUT2D eigenvalue weighted by Crippen LogP contribution is -2.14. The maximum atomic E-state index is 12.8. The molecule has 0 radical (unpaired) electrons. The summed E-state index contributed by atoms with van der Waals surface area (Å²) in [6.45, 7) is 1.77. The number of nitrogens with zero attached hydrogens (tertiary/aromatic N) is 5. The summed E-state index contributed by atoms with van der Waals surface area (Å²) in [5, 5.41) is 20.1. The van der Waals surface area contributed by atoms with Crippen molar-refractivity contribution in [3.8, 4) is 11.4 Å². The van der Waals surface area contributed by atoms with Gasteiger partial charge >= 0.3 is 5.97 Å². The highest BCUT2D eigenvalue weighted by Crippen LogP contribution is 2.24. The van der Waals surface area contributed by atoms with Gasteiger partial charge in [0.2, 0.25) is 0 Å². The number of aromatic nitrogens is 5. The summed E-state index contributed by atoms with van der Waals surface area (Å²) in [7, 11) is -3.86. The van der Waals surface area contributed by atoms with Crippen LogP contribution in [-0.2, 0) is 10.0 Å². The molecule has 152 valence electrons. The maximum absolute atomic E-state index is 12.8. The second-order valence-corrected chi connectivity index (χ2v) is 8.11. The van der Waals surface area contributed by atoms with E-state index >= 15 is 0 Å². The summed E-state index contributed by atoms with van der Waals surface area (Å²) in [5.41, 5.74) is 2.32. The highest BCUT2D eigenvalue weighted by atomic mass is 32.2. The van der Waals surface area contributed by atoms with E-state index in [2.05, 4.69) is 20.2 Å². The smallest absolute Gasteiger partial charge is 0.352 e. The van der Waals surface area contributed by atoms with E-state index in [1.807, 2.05) is 0 Å². The third-order valence-electron chi connectivity index (χ3n) is 4.42. The largest absolute Gasteiger partial charge is 0.477 e. The number of aryl methyl sites for hydroxylation is 1. The summed E-state index contributed by atoms with van der Waals surface area (Å²) in [4.78, 5) is 11.4. The van der Waals surface area contributed by atoms with Gasteiger partial charge in [0.25, 0.3) is 10.0 Å². The zero-order valence-corrected chi connectivity index (χ0v) is 16.5. The van der Waals surface area contributed by atoms with Gasteiger partial charge in [0.05, 0.1) is 10.6 Å². The Morgan fingerprint density at radius 1 is 1.10 bits per heavy atom. The minimum absolute atomic E-state index is 0.0517. The first-order valence-electron chi connectivity index (χ1n) is 8.73. The van der Waals surface area contributed by atoms with Crippen molar-refractivity contribution in [3.05, 3.63) is 78.4 Å². The number of carboxylic acid groups (broad SMARTS) is 1. The molecule has 0 atom stereocenters. The first-order valence-corrected chi connectivity index (χ1v) is 10.2. The fourth-order valence-corrected chi connectivity index (χ4v) is 4.13. The summed E-state index contributed by atoms with van der Waals surface area (Å²) >= 11 is 0. The Labute approximate surface area is 171 Å². The number of carbonyl (C=O) groups is 1. The number of aromatic carboxylic acids is 1. The van der Waals surface area contributed by atoms with Crippen LogP contribution in [0.25, 0.3) is 11.4 Å². The lowest BCUT2D eigenvalue weighted by molar-refractivity contribution is 0.0688. The van der Waals surface area contributed by atoms with Crippen molar-refractivity contribution in [3.63, 3.8) is 0 Å². The van der Waals surface area contributed by atoms with E-state index in [0.29, 0.717) is 22.6 Å². The van der Waals surface area contributed by atoms with Gasteiger partial charge in [-0.2, -0.15) is 0 Å². The van der Waals surface area contributed by atoms with Gasteiger partial charge in [-0.1, -0.05) is 6.07 Å². The van der Waals surface area contributed by atoms with Gasteiger partial charge < -0.3 is 9.67 Å². The second kappa shape index (κ2) is 7.44. The van der Waals surface area contributed by atoms with E-state index in [1.165, 1.54) is 33.8 Å². The summed E-state index contributed by atoms with van der Waals surface area (Å²) < 4.78 is 31.1. The van der Waals surface area contributed by atoms with Crippen LogP contribution in [0.1, 0.15) is 16.1 Å². The van der Waals surface area contributed by atoms with E-state index < -0.39 is 16.0 Å². The molecule has 2 heterocycles. The molecule has 0 fully saturated rings. The number of rotatable bonds is 6. The molecule has 4 aromatic rings. The number of hydrogen-bond acceptors (Lipinski definition) is 6. The molecular weight excluding hydrogens is 408 g/mol. The van der Waals surface area contributed by atoms with Gasteiger partial charge in [-0.25, -0.2) is 17.9 Å². The molecule has 2 N–H and O–H groups in total. The maximum Gasteiger partial charge on any atom is 0.352 e. The van der Waals surface area contributed by atoms with E-state index in [0.717, 1.165) is 0 Å². The summed E-state index contributed by atoms with van der Waals surface area (Å²) in [6.07, 6.45) is 3.01. The van der Waals surface area contributed by atoms with Crippen LogP contribution < -0.4 is 4.72 Å². The van der Waals surface area contributed by atoms with Crippen LogP contribution in [0.4, 0.5) is 5.69 Å². The highest BCUT2D eigenvalue weighted by Gasteiger charge is 2.17. The van der Waals surface area contributed by atoms with Gasteiger partial charge in [-0.15, -0.1) is 5.10 Å². The minimum Gasteiger partial charge on any atom is -0.477 e. The van der Waals surface area contributed by atoms with Crippen LogP contribution in [0.15, 0.2) is 72.0 Å². The van der Waals surface area contributed by atoms with Gasteiger partial charge in [0.15, 0.2) is 0 Å². The summed E-state index contributed by atoms with van der Waals surface area (Å²) in [5.74, 6) is -1.05. The van der Waals surface area contributed by atoms with Crippen molar-refractivity contribution in [2.24, 2.45) is 0 Å². The highest BCUT2D eigenvalue weighted by molar-refractivity contribution is 7.92. The third kappa shape index (κ3) is 3.65. The Kier molecular flexibility index (Phi) is 4.80. The second-order valence-electron chi connectivity index (χ2n) is 6.43. The van der Waals surface area contributed by atoms with Gasteiger partial charge in [-0.05, 0) is 71.4 Å². The molecular formula is C19H16N6O4S. The molecule has 0 aliphatic carbocycles. The molecule has 30 heavy (non-hydrogen) atoms. The molecule has 11 heteroatoms. The number of hydrogen-bond donors (Lipinski definition) is 2. The first-order chi connectivity index (χ1) is 14.3.